The van der Waals surface area contributed by atoms with Crippen molar-refractivity contribution in [2.75, 3.05) is 33.0 Å². The fraction of sp³-hybridized carbons (Fsp3) is 0.833. The molecule has 5 nitrogen and oxygen atoms in total. The highest BCUT2D eigenvalue weighted by Crippen LogP contribution is 1.95. The van der Waals surface area contributed by atoms with Gasteiger partial charge in [0.25, 0.3) is 0 Å². The average Bonchev–Trinajstić information content (AvgIpc) is 2.07. The molecule has 1 aliphatic heterocycles. The molecule has 0 atom stereocenters. The number of carbonyl (C=O) groups excluding carboxylic acids is 1. The maximum absolute atomic E-state index is 11.0. The summed E-state index contributed by atoms with van der Waals surface area (Å²) in [6, 6.07) is -0.289. The van der Waals surface area contributed by atoms with Crippen molar-refractivity contribution in [3.05, 3.63) is 0 Å². The van der Waals surface area contributed by atoms with Crippen LogP contribution in [0.15, 0.2) is 0 Å². The van der Waals surface area contributed by atoms with E-state index in [9.17, 15) is 9.90 Å². The van der Waals surface area contributed by atoms with Gasteiger partial charge in [0.05, 0.1) is 13.2 Å². The standard InChI is InChI=1S/C6H11N2O3/c9-5-7-6(10)8-1-3-11-4-2-8/h1-5H2,(H,7,10). The number of hydrogen-bond donors (Lipinski definition) is 1. The number of rotatable bonds is 1. The molecule has 0 aromatic carbocycles. The Hall–Kier alpha value is -0.810. The van der Waals surface area contributed by atoms with Crippen LogP contribution in [0.1, 0.15) is 0 Å². The lowest BCUT2D eigenvalue weighted by Gasteiger charge is -2.26. The number of urea groups is 1. The minimum atomic E-state index is -0.559. The van der Waals surface area contributed by atoms with E-state index >= 15 is 0 Å². The zero-order valence-corrected chi connectivity index (χ0v) is 6.21. The predicted molar refractivity (Wildman–Crippen MR) is 36.5 cm³/mol. The molecule has 0 spiro atoms. The summed E-state index contributed by atoms with van der Waals surface area (Å²) in [5.41, 5.74) is 0. The van der Waals surface area contributed by atoms with Crippen LogP contribution in [0.3, 0.4) is 0 Å². The van der Waals surface area contributed by atoms with Crippen molar-refractivity contribution in [2.45, 2.75) is 0 Å². The van der Waals surface area contributed by atoms with Crippen LogP contribution in [0, 0.1) is 0 Å². The molecule has 2 amide bonds. The van der Waals surface area contributed by atoms with Crippen LogP contribution in [-0.4, -0.2) is 44.0 Å². The molecular weight excluding hydrogens is 148 g/mol. The fourth-order valence-electron chi connectivity index (χ4n) is 0.940. The van der Waals surface area contributed by atoms with Crippen molar-refractivity contribution in [3.63, 3.8) is 0 Å². The Labute approximate surface area is 64.9 Å². The van der Waals surface area contributed by atoms with E-state index < -0.39 is 6.73 Å². The van der Waals surface area contributed by atoms with Gasteiger partial charge < -0.3 is 15.0 Å². The number of carbonyl (C=O) groups is 1. The van der Waals surface area contributed by atoms with Crippen molar-refractivity contribution in [2.24, 2.45) is 0 Å². The Bertz CT molecular complexity index is 134. The van der Waals surface area contributed by atoms with Crippen LogP contribution in [-0.2, 0) is 9.84 Å². The molecule has 1 heterocycles. The first-order valence-corrected chi connectivity index (χ1v) is 3.53. The highest BCUT2D eigenvalue weighted by molar-refractivity contribution is 5.73. The zero-order valence-electron chi connectivity index (χ0n) is 6.21. The van der Waals surface area contributed by atoms with Gasteiger partial charge in [-0.15, -0.1) is 0 Å². The van der Waals surface area contributed by atoms with Gasteiger partial charge in [-0.1, -0.05) is 0 Å². The van der Waals surface area contributed by atoms with Crippen molar-refractivity contribution in [1.29, 1.82) is 0 Å². The van der Waals surface area contributed by atoms with Gasteiger partial charge in [-0.25, -0.2) is 9.90 Å². The number of nitrogens with one attached hydrogen (secondary N) is 1. The quantitative estimate of drug-likeness (QED) is 0.520. The van der Waals surface area contributed by atoms with E-state index in [1.807, 2.05) is 0 Å². The minimum Gasteiger partial charge on any atom is -0.378 e. The van der Waals surface area contributed by atoms with E-state index in [1.165, 1.54) is 0 Å². The summed E-state index contributed by atoms with van der Waals surface area (Å²) in [5.74, 6) is 0. The molecule has 1 aliphatic rings. The molecule has 0 bridgehead atoms. The summed E-state index contributed by atoms with van der Waals surface area (Å²) >= 11 is 0. The first-order valence-electron chi connectivity index (χ1n) is 3.53. The Morgan fingerprint density at radius 2 is 2.09 bits per heavy atom. The maximum Gasteiger partial charge on any atom is 0.319 e. The van der Waals surface area contributed by atoms with Gasteiger partial charge in [0, 0.05) is 13.1 Å². The van der Waals surface area contributed by atoms with E-state index in [0.717, 1.165) is 0 Å². The van der Waals surface area contributed by atoms with E-state index in [2.05, 4.69) is 5.32 Å². The van der Waals surface area contributed by atoms with E-state index in [4.69, 9.17) is 4.74 Å². The van der Waals surface area contributed by atoms with Crippen LogP contribution in [0.4, 0.5) is 4.79 Å². The Morgan fingerprint density at radius 1 is 1.45 bits per heavy atom. The largest absolute Gasteiger partial charge is 0.378 e. The smallest absolute Gasteiger partial charge is 0.319 e. The van der Waals surface area contributed by atoms with Gasteiger partial charge in [-0.3, -0.25) is 0 Å². The Balaban J connectivity index is 2.27. The van der Waals surface area contributed by atoms with Crippen LogP contribution in [0.5, 0.6) is 0 Å². The summed E-state index contributed by atoms with van der Waals surface area (Å²) < 4.78 is 5.03. The topological polar surface area (TPSA) is 61.5 Å². The molecule has 1 fully saturated rings. The SMILES string of the molecule is [O]CNC(=O)N1CCOCC1. The lowest BCUT2D eigenvalue weighted by Crippen LogP contribution is -2.46. The first kappa shape index (κ1) is 8.29. The maximum atomic E-state index is 11.0. The number of ether oxygens (including phenoxy) is 1. The molecule has 5 heteroatoms. The monoisotopic (exact) mass is 159 g/mol. The number of amides is 2. The molecule has 0 aromatic rings. The fourth-order valence-corrected chi connectivity index (χ4v) is 0.940. The van der Waals surface area contributed by atoms with E-state index in [1.54, 1.807) is 4.90 Å². The van der Waals surface area contributed by atoms with Gasteiger partial charge in [0.1, 0.15) is 0 Å². The summed E-state index contributed by atoms with van der Waals surface area (Å²) in [6.07, 6.45) is 0. The summed E-state index contributed by atoms with van der Waals surface area (Å²) in [6.45, 7) is 1.71. The molecule has 1 saturated heterocycles. The minimum absolute atomic E-state index is 0.289. The highest BCUT2D eigenvalue weighted by atomic mass is 16.5. The van der Waals surface area contributed by atoms with E-state index in [-0.39, 0.29) is 6.03 Å². The predicted octanol–water partition coefficient (Wildman–Crippen LogP) is -0.584. The van der Waals surface area contributed by atoms with E-state index in [0.29, 0.717) is 26.3 Å². The molecular formula is C6H11N2O3. The van der Waals surface area contributed by atoms with Crippen molar-refractivity contribution < 1.29 is 14.6 Å². The Morgan fingerprint density at radius 3 is 2.64 bits per heavy atom. The highest BCUT2D eigenvalue weighted by Gasteiger charge is 2.15. The molecule has 0 saturated carbocycles. The zero-order chi connectivity index (χ0) is 8.10. The van der Waals surface area contributed by atoms with Crippen molar-refractivity contribution >= 4 is 6.03 Å². The van der Waals surface area contributed by atoms with Gasteiger partial charge >= 0.3 is 6.03 Å². The molecule has 0 aromatic heterocycles. The van der Waals surface area contributed by atoms with Crippen LogP contribution in [0.2, 0.25) is 0 Å². The first-order chi connectivity index (χ1) is 5.34. The van der Waals surface area contributed by atoms with Gasteiger partial charge in [0.2, 0.25) is 0 Å². The molecule has 0 aliphatic carbocycles. The van der Waals surface area contributed by atoms with Gasteiger partial charge in [0.15, 0.2) is 6.73 Å². The van der Waals surface area contributed by atoms with Crippen LogP contribution in [0.25, 0.3) is 0 Å². The molecule has 63 valence electrons. The molecule has 0 unspecified atom stereocenters. The molecule has 11 heavy (non-hydrogen) atoms. The van der Waals surface area contributed by atoms with Crippen LogP contribution < -0.4 is 5.32 Å². The molecule has 1 rings (SSSR count). The lowest BCUT2D eigenvalue weighted by molar-refractivity contribution is 0.0498. The normalized spacial score (nSPS) is 18.1. The van der Waals surface area contributed by atoms with Crippen molar-refractivity contribution in [3.8, 4) is 0 Å². The Kier molecular flexibility index (Phi) is 3.13. The third kappa shape index (κ3) is 2.36. The number of nitrogens with zero attached hydrogens (tertiary/aromatic N) is 1. The molecule has 1 radical (unpaired) electrons. The third-order valence-corrected chi connectivity index (χ3v) is 1.52. The summed E-state index contributed by atoms with van der Waals surface area (Å²) in [4.78, 5) is 12.5. The number of morpholine rings is 1. The molecule has 1 N–H and O–H groups in total. The summed E-state index contributed by atoms with van der Waals surface area (Å²) in [5, 5.41) is 12.2. The summed E-state index contributed by atoms with van der Waals surface area (Å²) in [7, 11) is 0. The van der Waals surface area contributed by atoms with Crippen molar-refractivity contribution in [1.82, 2.24) is 10.2 Å². The second-order valence-corrected chi connectivity index (χ2v) is 2.23. The number of hydrogen-bond acceptors (Lipinski definition) is 2. The van der Waals surface area contributed by atoms with Gasteiger partial charge in [-0.05, 0) is 0 Å². The second-order valence-electron chi connectivity index (χ2n) is 2.23. The second kappa shape index (κ2) is 4.15. The van der Waals surface area contributed by atoms with Crippen LogP contribution >= 0.6 is 0 Å². The van der Waals surface area contributed by atoms with Gasteiger partial charge in [-0.2, -0.15) is 0 Å². The average molecular weight is 159 g/mol. The third-order valence-electron chi connectivity index (χ3n) is 1.52. The lowest BCUT2D eigenvalue weighted by atomic mass is 10.4.